The maximum atomic E-state index is 12.4. The van der Waals surface area contributed by atoms with Crippen LogP contribution in [0.3, 0.4) is 0 Å². The van der Waals surface area contributed by atoms with Gasteiger partial charge in [0.15, 0.2) is 0 Å². The molecule has 2 rings (SSSR count). The average molecular weight is 300 g/mol. The number of aryl methyl sites for hydroxylation is 1. The zero-order valence-electron chi connectivity index (χ0n) is 12.6. The Morgan fingerprint density at radius 2 is 1.68 bits per heavy atom. The van der Waals surface area contributed by atoms with Crippen molar-refractivity contribution in [3.63, 3.8) is 0 Å². The van der Waals surface area contributed by atoms with Crippen LogP contribution >= 0.6 is 0 Å². The number of pyridine rings is 1. The van der Waals surface area contributed by atoms with Crippen LogP contribution in [-0.4, -0.2) is 52.3 Å². The fourth-order valence-electron chi connectivity index (χ4n) is 2.20. The molecule has 0 radical (unpaired) electrons. The normalized spacial score (nSPS) is 10.5. The molecular formula is C17H20N2O3. The molecule has 2 aromatic rings. The van der Waals surface area contributed by atoms with Gasteiger partial charge >= 0.3 is 0 Å². The van der Waals surface area contributed by atoms with Crippen LogP contribution < -0.4 is 0 Å². The van der Waals surface area contributed by atoms with Gasteiger partial charge in [-0.2, -0.15) is 0 Å². The summed E-state index contributed by atoms with van der Waals surface area (Å²) in [4.78, 5) is 18.0. The number of rotatable bonds is 6. The number of nitrogens with zero attached hydrogens (tertiary/aromatic N) is 2. The largest absolute Gasteiger partial charge is 0.395 e. The first-order chi connectivity index (χ1) is 10.7. The molecule has 5 nitrogen and oxygen atoms in total. The van der Waals surface area contributed by atoms with E-state index in [1.54, 1.807) is 12.3 Å². The van der Waals surface area contributed by atoms with Crippen LogP contribution in [0.5, 0.6) is 0 Å². The first-order valence-corrected chi connectivity index (χ1v) is 7.19. The zero-order chi connectivity index (χ0) is 15.9. The Morgan fingerprint density at radius 3 is 2.27 bits per heavy atom. The smallest absolute Gasteiger partial charge is 0.255 e. The number of aliphatic hydroxyl groups excluding tert-OH is 2. The van der Waals surface area contributed by atoms with Crippen molar-refractivity contribution >= 4 is 5.91 Å². The van der Waals surface area contributed by atoms with Crippen molar-refractivity contribution in [1.82, 2.24) is 9.88 Å². The minimum absolute atomic E-state index is 0.142. The molecule has 1 heterocycles. The first-order valence-electron chi connectivity index (χ1n) is 7.19. The van der Waals surface area contributed by atoms with Gasteiger partial charge in [0.2, 0.25) is 0 Å². The van der Waals surface area contributed by atoms with Crippen LogP contribution in [0.25, 0.3) is 11.1 Å². The average Bonchev–Trinajstić information content (AvgIpc) is 2.55. The lowest BCUT2D eigenvalue weighted by atomic mass is 10.0. The van der Waals surface area contributed by atoms with E-state index in [0.29, 0.717) is 5.56 Å². The second-order valence-electron chi connectivity index (χ2n) is 5.07. The van der Waals surface area contributed by atoms with Crippen molar-refractivity contribution < 1.29 is 15.0 Å². The molecule has 0 spiro atoms. The standard InChI is InChI=1S/C17H20N2O3/c1-13-2-4-14(5-3-13)15-10-16(12-18-11-15)17(22)19(6-8-20)7-9-21/h2-5,10-12,20-21H,6-9H2,1H3. The van der Waals surface area contributed by atoms with Crippen molar-refractivity contribution in [3.05, 3.63) is 53.9 Å². The van der Waals surface area contributed by atoms with Crippen LogP contribution in [0.2, 0.25) is 0 Å². The summed E-state index contributed by atoms with van der Waals surface area (Å²) >= 11 is 0. The van der Waals surface area contributed by atoms with Gasteiger partial charge in [-0.1, -0.05) is 29.8 Å². The van der Waals surface area contributed by atoms with Gasteiger partial charge in [0.1, 0.15) is 0 Å². The molecule has 0 aliphatic rings. The highest BCUT2D eigenvalue weighted by molar-refractivity contribution is 5.95. The molecule has 22 heavy (non-hydrogen) atoms. The Morgan fingerprint density at radius 1 is 1.05 bits per heavy atom. The van der Waals surface area contributed by atoms with Gasteiger partial charge in [-0.15, -0.1) is 0 Å². The van der Waals surface area contributed by atoms with E-state index in [-0.39, 0.29) is 32.2 Å². The molecule has 0 bridgehead atoms. The third-order valence-corrected chi connectivity index (χ3v) is 3.40. The lowest BCUT2D eigenvalue weighted by Gasteiger charge is -2.20. The molecule has 0 aliphatic carbocycles. The topological polar surface area (TPSA) is 73.7 Å². The van der Waals surface area contributed by atoms with Gasteiger partial charge in [-0.25, -0.2) is 0 Å². The molecular weight excluding hydrogens is 280 g/mol. The Bertz CT molecular complexity index is 620. The number of hydrogen-bond acceptors (Lipinski definition) is 4. The summed E-state index contributed by atoms with van der Waals surface area (Å²) in [5.41, 5.74) is 3.46. The van der Waals surface area contributed by atoms with Gasteiger partial charge < -0.3 is 15.1 Å². The molecule has 1 amide bonds. The van der Waals surface area contributed by atoms with Gasteiger partial charge in [0, 0.05) is 31.0 Å². The maximum Gasteiger partial charge on any atom is 0.255 e. The molecule has 5 heteroatoms. The van der Waals surface area contributed by atoms with E-state index in [2.05, 4.69) is 4.98 Å². The maximum absolute atomic E-state index is 12.4. The van der Waals surface area contributed by atoms with Crippen molar-refractivity contribution in [3.8, 4) is 11.1 Å². The number of carbonyl (C=O) groups is 1. The number of aromatic nitrogens is 1. The third-order valence-electron chi connectivity index (χ3n) is 3.40. The molecule has 0 unspecified atom stereocenters. The van der Waals surface area contributed by atoms with Crippen molar-refractivity contribution in [2.24, 2.45) is 0 Å². The monoisotopic (exact) mass is 300 g/mol. The minimum Gasteiger partial charge on any atom is -0.395 e. The summed E-state index contributed by atoms with van der Waals surface area (Å²) in [5.74, 6) is -0.246. The number of carbonyl (C=O) groups excluding carboxylic acids is 1. The van der Waals surface area contributed by atoms with Gasteiger partial charge in [0.25, 0.3) is 5.91 Å². The summed E-state index contributed by atoms with van der Waals surface area (Å²) in [6.45, 7) is 2.11. The third kappa shape index (κ3) is 3.90. The lowest BCUT2D eigenvalue weighted by molar-refractivity contribution is 0.0684. The number of hydrogen-bond donors (Lipinski definition) is 2. The highest BCUT2D eigenvalue weighted by atomic mass is 16.3. The Hall–Kier alpha value is -2.24. The van der Waals surface area contributed by atoms with Gasteiger partial charge in [-0.05, 0) is 18.6 Å². The SMILES string of the molecule is Cc1ccc(-c2cncc(C(=O)N(CCO)CCO)c2)cc1. The molecule has 1 aromatic heterocycles. The lowest BCUT2D eigenvalue weighted by Crippen LogP contribution is -2.35. The second kappa shape index (κ2) is 7.68. The van der Waals surface area contributed by atoms with Crippen LogP contribution in [0, 0.1) is 6.92 Å². The quantitative estimate of drug-likeness (QED) is 0.847. The zero-order valence-corrected chi connectivity index (χ0v) is 12.6. The number of aliphatic hydroxyl groups is 2. The highest BCUT2D eigenvalue weighted by Crippen LogP contribution is 2.20. The Balaban J connectivity index is 2.27. The Labute approximate surface area is 129 Å². The van der Waals surface area contributed by atoms with Crippen LogP contribution in [0.15, 0.2) is 42.7 Å². The predicted octanol–water partition coefficient (Wildman–Crippen LogP) is 1.48. The van der Waals surface area contributed by atoms with E-state index >= 15 is 0 Å². The van der Waals surface area contributed by atoms with Gasteiger partial charge in [0.05, 0.1) is 18.8 Å². The summed E-state index contributed by atoms with van der Waals surface area (Å²) in [6, 6.07) is 9.77. The fraction of sp³-hybridized carbons (Fsp3) is 0.294. The van der Waals surface area contributed by atoms with Crippen LogP contribution in [0.1, 0.15) is 15.9 Å². The van der Waals surface area contributed by atoms with E-state index in [1.165, 1.54) is 16.7 Å². The highest BCUT2D eigenvalue weighted by Gasteiger charge is 2.15. The Kier molecular flexibility index (Phi) is 5.63. The summed E-state index contributed by atoms with van der Waals surface area (Å²) in [6.07, 6.45) is 3.21. The molecule has 116 valence electrons. The van der Waals surface area contributed by atoms with E-state index in [4.69, 9.17) is 10.2 Å². The summed E-state index contributed by atoms with van der Waals surface area (Å²) in [7, 11) is 0. The molecule has 1 aromatic carbocycles. The van der Waals surface area contributed by atoms with E-state index in [1.807, 2.05) is 31.2 Å². The number of benzene rings is 1. The molecule has 0 aliphatic heterocycles. The predicted molar refractivity (Wildman–Crippen MR) is 84.5 cm³/mol. The van der Waals surface area contributed by atoms with E-state index in [9.17, 15) is 4.79 Å². The molecule has 0 fully saturated rings. The van der Waals surface area contributed by atoms with E-state index < -0.39 is 0 Å². The molecule has 2 N–H and O–H groups in total. The van der Waals surface area contributed by atoms with Gasteiger partial charge in [-0.3, -0.25) is 9.78 Å². The number of amides is 1. The molecule has 0 saturated heterocycles. The first kappa shape index (κ1) is 16.1. The van der Waals surface area contributed by atoms with Crippen LogP contribution in [-0.2, 0) is 0 Å². The summed E-state index contributed by atoms with van der Waals surface area (Å²) < 4.78 is 0. The summed E-state index contributed by atoms with van der Waals surface area (Å²) in [5, 5.41) is 18.1. The van der Waals surface area contributed by atoms with Crippen molar-refractivity contribution in [1.29, 1.82) is 0 Å². The minimum atomic E-state index is -0.246. The molecule has 0 saturated carbocycles. The van der Waals surface area contributed by atoms with Crippen molar-refractivity contribution in [2.75, 3.05) is 26.3 Å². The molecule has 0 atom stereocenters. The van der Waals surface area contributed by atoms with Crippen LogP contribution in [0.4, 0.5) is 0 Å². The van der Waals surface area contributed by atoms with Crippen molar-refractivity contribution in [2.45, 2.75) is 6.92 Å². The fourth-order valence-corrected chi connectivity index (χ4v) is 2.20. The van der Waals surface area contributed by atoms with E-state index in [0.717, 1.165) is 11.1 Å². The second-order valence-corrected chi connectivity index (χ2v) is 5.07.